The molecule has 1 aromatic heterocycles. The number of hydrogen-bond donors (Lipinski definition) is 0. The molecule has 0 bridgehead atoms. The fourth-order valence-electron chi connectivity index (χ4n) is 2.89. The summed E-state index contributed by atoms with van der Waals surface area (Å²) < 4.78 is 43.5. The van der Waals surface area contributed by atoms with Crippen LogP contribution in [0.5, 0.6) is 5.75 Å². The molecule has 8 nitrogen and oxygen atoms in total. The van der Waals surface area contributed by atoms with Gasteiger partial charge in [-0.1, -0.05) is 29.4 Å². The van der Waals surface area contributed by atoms with Crippen molar-refractivity contribution < 1.29 is 27.2 Å². The van der Waals surface area contributed by atoms with Gasteiger partial charge in [0.05, 0.1) is 35.5 Å². The Bertz CT molecular complexity index is 1190. The highest BCUT2D eigenvalue weighted by Gasteiger charge is 2.27. The molecule has 2 aromatic carbocycles. The molecule has 3 rings (SSSR count). The van der Waals surface area contributed by atoms with E-state index >= 15 is 0 Å². The zero-order valence-electron chi connectivity index (χ0n) is 17.1. The largest absolute Gasteiger partial charge is 0.495 e. The SMILES string of the molecule is C=CCN(c1ccccc1OC)S(=O)(=O)c1cccc(C(=O)OCc2cc(C)no2)c1. The topological polar surface area (TPSA) is 98.9 Å². The van der Waals surface area contributed by atoms with Crippen LogP contribution < -0.4 is 9.04 Å². The molecule has 0 amide bonds. The molecule has 0 spiro atoms. The molecule has 0 aliphatic carbocycles. The molecular weight excluding hydrogens is 420 g/mol. The minimum absolute atomic E-state index is 0.0161. The molecule has 0 unspecified atom stereocenters. The van der Waals surface area contributed by atoms with Crippen molar-refractivity contribution in [2.24, 2.45) is 0 Å². The fourth-order valence-corrected chi connectivity index (χ4v) is 4.39. The van der Waals surface area contributed by atoms with E-state index in [4.69, 9.17) is 14.0 Å². The third kappa shape index (κ3) is 4.95. The smallest absolute Gasteiger partial charge is 0.338 e. The van der Waals surface area contributed by atoms with Crippen molar-refractivity contribution in [3.63, 3.8) is 0 Å². The molecule has 0 fully saturated rings. The van der Waals surface area contributed by atoms with Crippen LogP contribution in [0.3, 0.4) is 0 Å². The number of methoxy groups -OCH3 is 1. The van der Waals surface area contributed by atoms with Gasteiger partial charge in [0.25, 0.3) is 10.0 Å². The van der Waals surface area contributed by atoms with E-state index in [0.29, 0.717) is 22.9 Å². The van der Waals surface area contributed by atoms with Gasteiger partial charge in [0, 0.05) is 6.07 Å². The Morgan fingerprint density at radius 3 is 2.65 bits per heavy atom. The molecule has 3 aromatic rings. The van der Waals surface area contributed by atoms with E-state index in [1.165, 1.54) is 41.8 Å². The van der Waals surface area contributed by atoms with E-state index in [1.807, 2.05) is 0 Å². The van der Waals surface area contributed by atoms with Crippen LogP contribution in [0, 0.1) is 6.92 Å². The second-order valence-corrected chi connectivity index (χ2v) is 8.40. The molecule has 31 heavy (non-hydrogen) atoms. The van der Waals surface area contributed by atoms with Crippen LogP contribution in [0.2, 0.25) is 0 Å². The Labute approximate surface area is 180 Å². The first kappa shape index (κ1) is 22.1. The van der Waals surface area contributed by atoms with Gasteiger partial charge < -0.3 is 14.0 Å². The molecular formula is C22H22N2O6S. The first-order chi connectivity index (χ1) is 14.9. The van der Waals surface area contributed by atoms with Crippen molar-refractivity contribution in [2.75, 3.05) is 18.0 Å². The van der Waals surface area contributed by atoms with Gasteiger partial charge in [-0.05, 0) is 37.3 Å². The molecule has 0 aliphatic rings. The highest BCUT2D eigenvalue weighted by Crippen LogP contribution is 2.32. The fraction of sp³-hybridized carbons (Fsp3) is 0.182. The lowest BCUT2D eigenvalue weighted by molar-refractivity contribution is 0.0437. The number of ether oxygens (including phenoxy) is 2. The molecule has 9 heteroatoms. The van der Waals surface area contributed by atoms with Crippen molar-refractivity contribution in [2.45, 2.75) is 18.4 Å². The highest BCUT2D eigenvalue weighted by atomic mass is 32.2. The van der Waals surface area contributed by atoms with Crippen LogP contribution in [-0.2, 0) is 21.4 Å². The van der Waals surface area contributed by atoms with Crippen molar-refractivity contribution in [1.29, 1.82) is 0 Å². The highest BCUT2D eigenvalue weighted by molar-refractivity contribution is 7.92. The van der Waals surface area contributed by atoms with Crippen LogP contribution >= 0.6 is 0 Å². The summed E-state index contributed by atoms with van der Waals surface area (Å²) in [4.78, 5) is 12.4. The minimum Gasteiger partial charge on any atom is -0.495 e. The van der Waals surface area contributed by atoms with Crippen molar-refractivity contribution >= 4 is 21.7 Å². The van der Waals surface area contributed by atoms with E-state index in [-0.39, 0.29) is 23.6 Å². The Balaban J connectivity index is 1.89. The van der Waals surface area contributed by atoms with E-state index in [1.54, 1.807) is 37.3 Å². The Kier molecular flexibility index (Phi) is 6.76. The van der Waals surface area contributed by atoms with Gasteiger partial charge in [0.15, 0.2) is 12.4 Å². The third-order valence-corrected chi connectivity index (χ3v) is 6.10. The predicted molar refractivity (Wildman–Crippen MR) is 115 cm³/mol. The minimum atomic E-state index is -4.02. The summed E-state index contributed by atoms with van der Waals surface area (Å²) in [5.41, 5.74) is 1.12. The van der Waals surface area contributed by atoms with E-state index in [0.717, 1.165) is 0 Å². The van der Waals surface area contributed by atoms with Crippen LogP contribution in [0.25, 0.3) is 0 Å². The molecule has 0 saturated carbocycles. The number of para-hydroxylation sites is 2. The average Bonchev–Trinajstić information content (AvgIpc) is 3.20. The van der Waals surface area contributed by atoms with Gasteiger partial charge in [-0.25, -0.2) is 13.2 Å². The number of carbonyl (C=O) groups excluding carboxylic acids is 1. The number of aryl methyl sites for hydroxylation is 1. The molecule has 0 radical (unpaired) electrons. The van der Waals surface area contributed by atoms with Crippen molar-refractivity contribution in [3.8, 4) is 5.75 Å². The normalized spacial score (nSPS) is 11.0. The van der Waals surface area contributed by atoms with Crippen molar-refractivity contribution in [1.82, 2.24) is 5.16 Å². The number of benzene rings is 2. The maximum Gasteiger partial charge on any atom is 0.338 e. The molecule has 0 atom stereocenters. The maximum atomic E-state index is 13.4. The van der Waals surface area contributed by atoms with Gasteiger partial charge in [-0.2, -0.15) is 0 Å². The first-order valence-electron chi connectivity index (χ1n) is 9.33. The van der Waals surface area contributed by atoms with Crippen LogP contribution in [0.1, 0.15) is 21.8 Å². The van der Waals surface area contributed by atoms with Crippen LogP contribution in [0.15, 0.2) is 76.7 Å². The van der Waals surface area contributed by atoms with Gasteiger partial charge in [0.1, 0.15) is 5.75 Å². The van der Waals surface area contributed by atoms with Crippen molar-refractivity contribution in [3.05, 3.63) is 84.3 Å². The van der Waals surface area contributed by atoms with Gasteiger partial charge in [-0.15, -0.1) is 6.58 Å². The summed E-state index contributed by atoms with van der Waals surface area (Å²) in [6.07, 6.45) is 1.47. The number of aromatic nitrogens is 1. The Hall–Kier alpha value is -3.59. The summed E-state index contributed by atoms with van der Waals surface area (Å²) in [6, 6.07) is 14.1. The number of sulfonamides is 1. The van der Waals surface area contributed by atoms with E-state index in [2.05, 4.69) is 11.7 Å². The molecule has 0 saturated heterocycles. The summed E-state index contributed by atoms with van der Waals surface area (Å²) in [5, 5.41) is 3.72. The lowest BCUT2D eigenvalue weighted by Gasteiger charge is -2.25. The molecule has 1 heterocycles. The Morgan fingerprint density at radius 2 is 1.97 bits per heavy atom. The average molecular weight is 442 g/mol. The van der Waals surface area contributed by atoms with Crippen LogP contribution in [0.4, 0.5) is 5.69 Å². The lowest BCUT2D eigenvalue weighted by Crippen LogP contribution is -2.31. The first-order valence-corrected chi connectivity index (χ1v) is 10.8. The standard InChI is InChI=1S/C22H22N2O6S/c1-4-12-24(20-10-5-6-11-21(20)28-3)31(26,27)19-9-7-8-17(14-19)22(25)29-15-18-13-16(2)23-30-18/h4-11,13-14H,1,12,15H2,2-3H3. The van der Waals surface area contributed by atoms with Gasteiger partial charge in [-0.3, -0.25) is 4.31 Å². The molecule has 162 valence electrons. The monoisotopic (exact) mass is 442 g/mol. The number of nitrogens with zero attached hydrogens (tertiary/aromatic N) is 2. The lowest BCUT2D eigenvalue weighted by atomic mass is 10.2. The summed E-state index contributed by atoms with van der Waals surface area (Å²) >= 11 is 0. The number of hydrogen-bond acceptors (Lipinski definition) is 7. The van der Waals surface area contributed by atoms with Crippen LogP contribution in [-0.4, -0.2) is 33.2 Å². The van der Waals surface area contributed by atoms with Gasteiger partial charge >= 0.3 is 5.97 Å². The third-order valence-electron chi connectivity index (χ3n) is 4.33. The summed E-state index contributed by atoms with van der Waals surface area (Å²) in [6.45, 7) is 5.31. The second kappa shape index (κ2) is 9.48. The zero-order valence-corrected chi connectivity index (χ0v) is 18.0. The summed E-state index contributed by atoms with van der Waals surface area (Å²) in [5.74, 6) is 0.104. The summed E-state index contributed by atoms with van der Waals surface area (Å²) in [7, 11) is -2.56. The number of carbonyl (C=O) groups is 1. The Morgan fingerprint density at radius 1 is 1.19 bits per heavy atom. The van der Waals surface area contributed by atoms with Gasteiger partial charge in [0.2, 0.25) is 0 Å². The van der Waals surface area contributed by atoms with E-state index in [9.17, 15) is 13.2 Å². The predicted octanol–water partition coefficient (Wildman–Crippen LogP) is 3.73. The number of rotatable bonds is 9. The zero-order chi connectivity index (χ0) is 22.4. The molecule has 0 N–H and O–H groups in total. The molecule has 0 aliphatic heterocycles. The maximum absolute atomic E-state index is 13.4. The van der Waals surface area contributed by atoms with E-state index < -0.39 is 16.0 Å². The number of esters is 1. The quantitative estimate of drug-likeness (QED) is 0.368. The second-order valence-electron chi connectivity index (χ2n) is 6.54. The number of anilines is 1.